The molecule has 0 saturated carbocycles. The van der Waals surface area contributed by atoms with Gasteiger partial charge in [-0.2, -0.15) is 0 Å². The molecule has 0 unspecified atom stereocenters. The monoisotopic (exact) mass is 231 g/mol. The Morgan fingerprint density at radius 1 is 1.29 bits per heavy atom. The second kappa shape index (κ2) is 5.37. The van der Waals surface area contributed by atoms with Gasteiger partial charge in [0.05, 0.1) is 25.8 Å². The molecule has 0 N–H and O–H groups in total. The highest BCUT2D eigenvalue weighted by atomic mass is 16.5. The minimum atomic E-state index is 0.478. The van der Waals surface area contributed by atoms with Gasteiger partial charge >= 0.3 is 0 Å². The minimum Gasteiger partial charge on any atom is -0.375 e. The standard InChI is InChI=1S/C15H21NO/c1-12(2)15(16-9-13(16)3)11-17-10-14-7-5-4-6-8-14/h4-8,12,15H,3,9-11H2,1-2H3/t15-,16?/m0/s1. The van der Waals surface area contributed by atoms with E-state index < -0.39 is 0 Å². The molecule has 1 fully saturated rings. The summed E-state index contributed by atoms with van der Waals surface area (Å²) in [5, 5.41) is 0. The molecule has 2 heteroatoms. The van der Waals surface area contributed by atoms with Gasteiger partial charge < -0.3 is 9.64 Å². The predicted octanol–water partition coefficient (Wildman–Crippen LogP) is 3.06. The lowest BCUT2D eigenvalue weighted by atomic mass is 10.1. The Kier molecular flexibility index (Phi) is 3.85. The fourth-order valence-corrected chi connectivity index (χ4v) is 2.03. The van der Waals surface area contributed by atoms with E-state index in [0.29, 0.717) is 18.6 Å². The van der Waals surface area contributed by atoms with Crippen molar-refractivity contribution in [1.29, 1.82) is 0 Å². The molecule has 0 radical (unpaired) electrons. The lowest BCUT2D eigenvalue weighted by Crippen LogP contribution is -2.30. The van der Waals surface area contributed by atoms with E-state index in [1.54, 1.807) is 0 Å². The van der Waals surface area contributed by atoms with Gasteiger partial charge in [-0.25, -0.2) is 0 Å². The Morgan fingerprint density at radius 2 is 1.94 bits per heavy atom. The molecule has 1 aromatic rings. The van der Waals surface area contributed by atoms with Gasteiger partial charge in [0, 0.05) is 5.70 Å². The normalized spacial score (nSPS) is 16.4. The van der Waals surface area contributed by atoms with Crippen molar-refractivity contribution in [2.24, 2.45) is 5.92 Å². The molecule has 1 heterocycles. The summed E-state index contributed by atoms with van der Waals surface area (Å²) in [4.78, 5) is 2.33. The summed E-state index contributed by atoms with van der Waals surface area (Å²) in [5.74, 6) is 0.602. The Balaban J connectivity index is 1.78. The Hall–Kier alpha value is -1.28. The van der Waals surface area contributed by atoms with Gasteiger partial charge in [0.2, 0.25) is 0 Å². The molecule has 0 bridgehead atoms. The average Bonchev–Trinajstić information content (AvgIpc) is 3.02. The van der Waals surface area contributed by atoms with E-state index in [1.165, 1.54) is 11.3 Å². The van der Waals surface area contributed by atoms with Gasteiger partial charge in [-0.15, -0.1) is 0 Å². The highest BCUT2D eigenvalue weighted by molar-refractivity contribution is 5.16. The second-order valence-electron chi connectivity index (χ2n) is 5.01. The van der Waals surface area contributed by atoms with E-state index in [0.717, 1.165) is 13.2 Å². The zero-order valence-corrected chi connectivity index (χ0v) is 10.7. The molecule has 17 heavy (non-hydrogen) atoms. The van der Waals surface area contributed by atoms with E-state index in [1.807, 2.05) is 18.2 Å². The van der Waals surface area contributed by atoms with Crippen LogP contribution in [0.25, 0.3) is 0 Å². The summed E-state index contributed by atoms with van der Waals surface area (Å²) in [6, 6.07) is 10.8. The van der Waals surface area contributed by atoms with Gasteiger partial charge in [0.1, 0.15) is 0 Å². The van der Waals surface area contributed by atoms with Crippen LogP contribution >= 0.6 is 0 Å². The lowest BCUT2D eigenvalue weighted by Gasteiger charge is -2.22. The molecule has 1 aliphatic heterocycles. The molecular weight excluding hydrogens is 210 g/mol. The van der Waals surface area contributed by atoms with Crippen molar-refractivity contribution in [2.45, 2.75) is 26.5 Å². The van der Waals surface area contributed by atoms with E-state index in [2.05, 4.69) is 37.5 Å². The fraction of sp³-hybridized carbons (Fsp3) is 0.467. The first-order valence-corrected chi connectivity index (χ1v) is 6.24. The van der Waals surface area contributed by atoms with Crippen molar-refractivity contribution in [2.75, 3.05) is 13.2 Å². The summed E-state index contributed by atoms with van der Waals surface area (Å²) in [5.41, 5.74) is 2.48. The Bertz CT molecular complexity index is 372. The molecule has 1 aromatic carbocycles. The average molecular weight is 231 g/mol. The van der Waals surface area contributed by atoms with Gasteiger partial charge in [-0.1, -0.05) is 50.8 Å². The fourth-order valence-electron chi connectivity index (χ4n) is 2.03. The first kappa shape index (κ1) is 12.2. The number of ether oxygens (including phenoxy) is 1. The lowest BCUT2D eigenvalue weighted by molar-refractivity contribution is 0.0701. The summed E-state index contributed by atoms with van der Waals surface area (Å²) in [7, 11) is 0. The van der Waals surface area contributed by atoms with E-state index in [-0.39, 0.29) is 0 Å². The molecule has 0 amide bonds. The van der Waals surface area contributed by atoms with Gasteiger partial charge in [-0.3, -0.25) is 0 Å². The molecule has 0 aromatic heterocycles. The maximum Gasteiger partial charge on any atom is 0.0717 e. The van der Waals surface area contributed by atoms with Crippen LogP contribution in [-0.2, 0) is 11.3 Å². The molecule has 2 nitrogen and oxygen atoms in total. The van der Waals surface area contributed by atoms with Crippen molar-refractivity contribution in [3.63, 3.8) is 0 Å². The van der Waals surface area contributed by atoms with E-state index in [9.17, 15) is 0 Å². The second-order valence-corrected chi connectivity index (χ2v) is 5.01. The molecular formula is C15H21NO. The number of rotatable bonds is 6. The van der Waals surface area contributed by atoms with E-state index in [4.69, 9.17) is 4.74 Å². The summed E-state index contributed by atoms with van der Waals surface area (Å²) in [6.07, 6.45) is 0. The first-order valence-electron chi connectivity index (χ1n) is 6.24. The van der Waals surface area contributed by atoms with Crippen LogP contribution in [-0.4, -0.2) is 24.1 Å². The Morgan fingerprint density at radius 3 is 2.47 bits per heavy atom. The van der Waals surface area contributed by atoms with Crippen LogP contribution < -0.4 is 0 Å². The largest absolute Gasteiger partial charge is 0.375 e. The van der Waals surface area contributed by atoms with Crippen LogP contribution in [0, 0.1) is 5.92 Å². The number of nitrogens with zero attached hydrogens (tertiary/aromatic N) is 1. The third-order valence-corrected chi connectivity index (χ3v) is 3.23. The van der Waals surface area contributed by atoms with Crippen molar-refractivity contribution < 1.29 is 4.74 Å². The maximum absolute atomic E-state index is 5.81. The van der Waals surface area contributed by atoms with Crippen LogP contribution in [0.3, 0.4) is 0 Å². The SMILES string of the molecule is C=C1CN1[C@@H](COCc1ccccc1)C(C)C. The molecule has 0 aliphatic carbocycles. The van der Waals surface area contributed by atoms with Crippen molar-refractivity contribution in [3.05, 3.63) is 48.2 Å². The minimum absolute atomic E-state index is 0.478. The Labute approximate surface area is 104 Å². The van der Waals surface area contributed by atoms with Gasteiger partial charge in [-0.05, 0) is 11.5 Å². The number of benzene rings is 1. The molecule has 1 saturated heterocycles. The van der Waals surface area contributed by atoms with Crippen LogP contribution in [0.4, 0.5) is 0 Å². The molecule has 2 rings (SSSR count). The van der Waals surface area contributed by atoms with Crippen LogP contribution in [0.5, 0.6) is 0 Å². The highest BCUT2D eigenvalue weighted by Gasteiger charge is 2.32. The molecule has 1 aliphatic rings. The van der Waals surface area contributed by atoms with Crippen LogP contribution in [0.15, 0.2) is 42.6 Å². The maximum atomic E-state index is 5.81. The van der Waals surface area contributed by atoms with Crippen LogP contribution in [0.1, 0.15) is 19.4 Å². The number of hydrogen-bond acceptors (Lipinski definition) is 2. The zero-order chi connectivity index (χ0) is 12.3. The topological polar surface area (TPSA) is 12.2 Å². The van der Waals surface area contributed by atoms with Crippen molar-refractivity contribution in [1.82, 2.24) is 4.90 Å². The molecule has 92 valence electrons. The third kappa shape index (κ3) is 3.34. The smallest absolute Gasteiger partial charge is 0.0717 e. The van der Waals surface area contributed by atoms with Crippen LogP contribution in [0.2, 0.25) is 0 Å². The predicted molar refractivity (Wildman–Crippen MR) is 70.6 cm³/mol. The van der Waals surface area contributed by atoms with E-state index >= 15 is 0 Å². The van der Waals surface area contributed by atoms with Crippen molar-refractivity contribution in [3.8, 4) is 0 Å². The van der Waals surface area contributed by atoms with Gasteiger partial charge in [0.25, 0.3) is 0 Å². The zero-order valence-electron chi connectivity index (χ0n) is 10.7. The summed E-state index contributed by atoms with van der Waals surface area (Å²) < 4.78 is 5.81. The molecule has 1 atom stereocenters. The summed E-state index contributed by atoms with van der Waals surface area (Å²) >= 11 is 0. The quantitative estimate of drug-likeness (QED) is 0.698. The first-order chi connectivity index (χ1) is 8.18. The highest BCUT2D eigenvalue weighted by Crippen LogP contribution is 2.27. The summed E-state index contributed by atoms with van der Waals surface area (Å²) in [6.45, 7) is 11.0. The molecule has 0 spiro atoms. The third-order valence-electron chi connectivity index (χ3n) is 3.23. The number of hydrogen-bond donors (Lipinski definition) is 0. The van der Waals surface area contributed by atoms with Crippen molar-refractivity contribution >= 4 is 0 Å². The van der Waals surface area contributed by atoms with Gasteiger partial charge in [0.15, 0.2) is 0 Å².